The van der Waals surface area contributed by atoms with Gasteiger partial charge in [-0.05, 0) is 37.0 Å². The number of likely N-dealkylation sites (tertiary alicyclic amines) is 1. The highest BCUT2D eigenvalue weighted by molar-refractivity contribution is 8.93. The van der Waals surface area contributed by atoms with Crippen LogP contribution in [0.3, 0.4) is 0 Å². The number of primary amides is 1. The Bertz CT molecular complexity index is 967. The van der Waals surface area contributed by atoms with E-state index in [1.165, 1.54) is 12.7 Å². The van der Waals surface area contributed by atoms with Crippen LogP contribution in [0.15, 0.2) is 48.5 Å². The minimum atomic E-state index is -0.512. The fraction of sp³-hybridized carbons (Fsp3) is 0.375. The maximum absolute atomic E-state index is 13.1. The summed E-state index contributed by atoms with van der Waals surface area (Å²) in [5, 5.41) is 2.89. The van der Waals surface area contributed by atoms with Gasteiger partial charge in [0, 0.05) is 5.92 Å². The lowest BCUT2D eigenvalue weighted by atomic mass is 9.89. The molecule has 0 spiro atoms. The van der Waals surface area contributed by atoms with Crippen molar-refractivity contribution in [3.8, 4) is 0 Å². The number of nitrogens with zero attached hydrogens (tertiary/aromatic N) is 1. The number of methoxy groups -OCH3 is 1. The summed E-state index contributed by atoms with van der Waals surface area (Å²) in [5.41, 5.74) is 8.29. The molecule has 1 aliphatic heterocycles. The number of carbonyl (C=O) groups excluding carboxylic acids is 3. The summed E-state index contributed by atoms with van der Waals surface area (Å²) in [5.74, 6) is -0.935. The number of benzene rings is 2. The number of nitrogens with two attached hydrogens (primary N) is 1. The van der Waals surface area contributed by atoms with Crippen molar-refractivity contribution in [1.29, 1.82) is 0 Å². The number of esters is 1. The Balaban J connectivity index is 0.00000363. The van der Waals surface area contributed by atoms with Crippen LogP contribution in [0.25, 0.3) is 0 Å². The fourth-order valence-electron chi connectivity index (χ4n) is 4.59. The number of hydrogen-bond acceptors (Lipinski definition) is 4. The van der Waals surface area contributed by atoms with Gasteiger partial charge in [0.15, 0.2) is 13.1 Å². The Hall–Kier alpha value is -2.71. The first-order valence-corrected chi connectivity index (χ1v) is 10.5. The van der Waals surface area contributed by atoms with E-state index in [-0.39, 0.29) is 41.9 Å². The zero-order valence-electron chi connectivity index (χ0n) is 18.5. The molecule has 1 fully saturated rings. The summed E-state index contributed by atoms with van der Waals surface area (Å²) in [6.45, 7) is 3.41. The van der Waals surface area contributed by atoms with Crippen molar-refractivity contribution < 1.29 is 23.6 Å². The molecule has 2 aromatic carbocycles. The van der Waals surface area contributed by atoms with E-state index in [0.717, 1.165) is 18.4 Å². The number of halogens is 1. The lowest BCUT2D eigenvalue weighted by Gasteiger charge is -2.43. The van der Waals surface area contributed by atoms with Gasteiger partial charge in [0.2, 0.25) is 0 Å². The molecule has 32 heavy (non-hydrogen) atoms. The second-order valence-corrected chi connectivity index (χ2v) is 8.32. The molecule has 0 bridgehead atoms. The third-order valence-electron chi connectivity index (χ3n) is 5.98. The molecule has 0 aliphatic carbocycles. The summed E-state index contributed by atoms with van der Waals surface area (Å²) in [6, 6.07) is 15.4. The molecule has 8 heteroatoms. The van der Waals surface area contributed by atoms with Crippen molar-refractivity contribution in [2.24, 2.45) is 5.73 Å². The first-order valence-electron chi connectivity index (χ1n) is 10.5. The largest absolute Gasteiger partial charge is 0.465 e. The number of anilines is 1. The van der Waals surface area contributed by atoms with E-state index in [2.05, 4.69) is 17.4 Å². The van der Waals surface area contributed by atoms with Gasteiger partial charge in [0.05, 0.1) is 31.5 Å². The summed E-state index contributed by atoms with van der Waals surface area (Å²) < 4.78 is 5.15. The zero-order chi connectivity index (χ0) is 22.4. The first-order chi connectivity index (χ1) is 14.8. The third-order valence-corrected chi connectivity index (χ3v) is 5.98. The van der Waals surface area contributed by atoms with Gasteiger partial charge < -0.3 is 20.3 Å². The van der Waals surface area contributed by atoms with Crippen LogP contribution < -0.4 is 11.1 Å². The van der Waals surface area contributed by atoms with Crippen LogP contribution in [0.5, 0.6) is 0 Å². The molecular formula is C24H31BrN3O4+. The Kier molecular flexibility index (Phi) is 8.98. The number of quaternary nitrogens is 1. The summed E-state index contributed by atoms with van der Waals surface area (Å²) in [4.78, 5) is 37.1. The van der Waals surface area contributed by atoms with Gasteiger partial charge in [-0.2, -0.15) is 0 Å². The van der Waals surface area contributed by atoms with Crippen molar-refractivity contribution in [3.63, 3.8) is 0 Å². The lowest BCUT2D eigenvalue weighted by molar-refractivity contribution is -0.918. The molecule has 3 rings (SSSR count). The number of ether oxygens (including phenoxy) is 1. The van der Waals surface area contributed by atoms with Crippen molar-refractivity contribution >= 4 is 40.5 Å². The average molecular weight is 505 g/mol. The summed E-state index contributed by atoms with van der Waals surface area (Å²) >= 11 is 0. The van der Waals surface area contributed by atoms with E-state index >= 15 is 0 Å². The zero-order valence-corrected chi connectivity index (χ0v) is 20.2. The highest BCUT2D eigenvalue weighted by atomic mass is 79.9. The minimum Gasteiger partial charge on any atom is -0.465 e. The van der Waals surface area contributed by atoms with Crippen LogP contribution in [0.4, 0.5) is 5.69 Å². The standard InChI is InChI=1S/C24H29N3O4.BrH/c1-17-8-6-12-20(24(30)31-2)23(17)26-22(29)16-27(15-21(25)28)13-7-11-19(14-27)18-9-4-3-5-10-18;/h3-6,8-10,12,19H,7,11,13-16H2,1-2H3,(H2-,25,26,28,29,30);1H/p+1. The van der Waals surface area contributed by atoms with Gasteiger partial charge in [0.1, 0.15) is 0 Å². The van der Waals surface area contributed by atoms with Crippen LogP contribution in [-0.2, 0) is 14.3 Å². The minimum absolute atomic E-state index is 0. The van der Waals surface area contributed by atoms with Gasteiger partial charge in [-0.1, -0.05) is 42.5 Å². The SMILES string of the molecule is Br.COC(=O)c1cccc(C)c1NC(=O)C[N+]1(CC(N)=O)CCCC(c2ccccc2)C1. The highest BCUT2D eigenvalue weighted by Crippen LogP contribution is 2.31. The number of rotatable bonds is 7. The van der Waals surface area contributed by atoms with Crippen LogP contribution >= 0.6 is 17.0 Å². The van der Waals surface area contributed by atoms with Crippen LogP contribution in [0, 0.1) is 6.92 Å². The molecule has 1 saturated heterocycles. The molecule has 0 aromatic heterocycles. The maximum Gasteiger partial charge on any atom is 0.339 e. The van der Waals surface area contributed by atoms with Gasteiger partial charge in [-0.3, -0.25) is 9.59 Å². The second kappa shape index (κ2) is 11.2. The number of piperidine rings is 1. The molecule has 0 radical (unpaired) electrons. The highest BCUT2D eigenvalue weighted by Gasteiger charge is 2.39. The quantitative estimate of drug-likeness (QED) is 0.446. The number of hydrogen-bond donors (Lipinski definition) is 2. The van der Waals surface area contributed by atoms with E-state index in [4.69, 9.17) is 10.5 Å². The molecule has 0 saturated carbocycles. The topological polar surface area (TPSA) is 98.5 Å². The first kappa shape index (κ1) is 25.5. The fourth-order valence-corrected chi connectivity index (χ4v) is 4.59. The smallest absolute Gasteiger partial charge is 0.339 e. The van der Waals surface area contributed by atoms with E-state index in [9.17, 15) is 14.4 Å². The normalized spacial score (nSPS) is 20.0. The van der Waals surface area contributed by atoms with Crippen molar-refractivity contribution in [2.75, 3.05) is 38.6 Å². The number of aryl methyl sites for hydroxylation is 1. The van der Waals surface area contributed by atoms with E-state index in [1.54, 1.807) is 12.1 Å². The van der Waals surface area contributed by atoms with Crippen molar-refractivity contribution in [2.45, 2.75) is 25.7 Å². The van der Waals surface area contributed by atoms with Crippen LogP contribution in [0.1, 0.15) is 40.2 Å². The van der Waals surface area contributed by atoms with E-state index < -0.39 is 11.9 Å². The number of carbonyl (C=O) groups is 3. The molecule has 2 aromatic rings. The second-order valence-electron chi connectivity index (χ2n) is 8.32. The molecule has 7 nitrogen and oxygen atoms in total. The summed E-state index contributed by atoms with van der Waals surface area (Å²) in [7, 11) is 1.31. The van der Waals surface area contributed by atoms with Gasteiger partial charge in [-0.25, -0.2) is 4.79 Å². The lowest BCUT2D eigenvalue weighted by Crippen LogP contribution is -2.60. The summed E-state index contributed by atoms with van der Waals surface area (Å²) in [6.07, 6.45) is 1.91. The maximum atomic E-state index is 13.1. The van der Waals surface area contributed by atoms with Crippen molar-refractivity contribution in [3.05, 3.63) is 65.2 Å². The predicted octanol–water partition coefficient (Wildman–Crippen LogP) is 3.18. The average Bonchev–Trinajstić information content (AvgIpc) is 2.74. The predicted molar refractivity (Wildman–Crippen MR) is 129 cm³/mol. The number of para-hydroxylation sites is 1. The van der Waals surface area contributed by atoms with Crippen molar-refractivity contribution in [1.82, 2.24) is 0 Å². The molecule has 2 atom stereocenters. The number of nitrogens with one attached hydrogen (secondary N) is 1. The molecule has 2 unspecified atom stereocenters. The Morgan fingerprint density at radius 1 is 1.09 bits per heavy atom. The molecule has 172 valence electrons. The molecule has 1 aliphatic rings. The number of amides is 2. The molecule has 1 heterocycles. The van der Waals surface area contributed by atoms with Gasteiger partial charge in [0.25, 0.3) is 11.8 Å². The molecule has 2 amide bonds. The van der Waals surface area contributed by atoms with E-state index in [0.29, 0.717) is 28.8 Å². The Labute approximate surface area is 199 Å². The monoisotopic (exact) mass is 504 g/mol. The Morgan fingerprint density at radius 2 is 1.81 bits per heavy atom. The third kappa shape index (κ3) is 6.17. The van der Waals surface area contributed by atoms with Crippen LogP contribution in [0.2, 0.25) is 0 Å². The van der Waals surface area contributed by atoms with Crippen LogP contribution in [-0.4, -0.2) is 55.6 Å². The Morgan fingerprint density at radius 3 is 2.47 bits per heavy atom. The molecular weight excluding hydrogens is 474 g/mol. The van der Waals surface area contributed by atoms with E-state index in [1.807, 2.05) is 31.2 Å². The van der Waals surface area contributed by atoms with Gasteiger partial charge in [-0.15, -0.1) is 17.0 Å². The molecule has 3 N–H and O–H groups in total. The van der Waals surface area contributed by atoms with Gasteiger partial charge >= 0.3 is 5.97 Å².